The Morgan fingerprint density at radius 1 is 1.62 bits per heavy atom. The maximum Gasteiger partial charge on any atom is 0.253 e. The predicted octanol–water partition coefficient (Wildman–Crippen LogP) is 0.721. The van der Waals surface area contributed by atoms with Crippen LogP contribution in [0.5, 0.6) is 0 Å². The van der Waals surface area contributed by atoms with Crippen molar-refractivity contribution in [1.82, 2.24) is 4.90 Å². The van der Waals surface area contributed by atoms with Gasteiger partial charge in [0.25, 0.3) is 5.91 Å². The lowest BCUT2D eigenvalue weighted by Gasteiger charge is -2.29. The summed E-state index contributed by atoms with van der Waals surface area (Å²) in [4.78, 5) is 13.3. The van der Waals surface area contributed by atoms with Gasteiger partial charge in [-0.3, -0.25) is 4.79 Å². The molecule has 0 bridgehead atoms. The van der Waals surface area contributed by atoms with E-state index in [-0.39, 0.29) is 5.91 Å². The number of likely N-dealkylation sites (N-methyl/N-ethyl adjacent to an activating group) is 1. The summed E-state index contributed by atoms with van der Waals surface area (Å²) in [5, 5.41) is 9.52. The van der Waals surface area contributed by atoms with Crippen LogP contribution in [0.4, 0.5) is 0 Å². The molecule has 1 unspecified atom stereocenters. The summed E-state index contributed by atoms with van der Waals surface area (Å²) in [6, 6.07) is 0.309. The van der Waals surface area contributed by atoms with E-state index in [9.17, 15) is 9.90 Å². The molecule has 1 heterocycles. The molecule has 0 saturated carbocycles. The fraction of sp³-hybridized carbons (Fsp3) is 0.889. The molecule has 1 aliphatic rings. The molecular weight excluding hydrogens is 186 g/mol. The Hall–Kier alpha value is -0.220. The number of thioether (sulfide) groups is 1. The predicted molar refractivity (Wildman–Crippen MR) is 54.8 cm³/mol. The van der Waals surface area contributed by atoms with Crippen molar-refractivity contribution in [3.8, 4) is 0 Å². The second-order valence-electron chi connectivity index (χ2n) is 3.99. The van der Waals surface area contributed by atoms with E-state index in [1.54, 1.807) is 11.9 Å². The maximum absolute atomic E-state index is 11.6. The largest absolute Gasteiger partial charge is 0.381 e. The summed E-state index contributed by atoms with van der Waals surface area (Å²) >= 11 is 1.86. The normalized spacial score (nSPS) is 23.2. The molecule has 13 heavy (non-hydrogen) atoms. The van der Waals surface area contributed by atoms with E-state index in [1.165, 1.54) is 13.8 Å². The third kappa shape index (κ3) is 2.61. The fourth-order valence-corrected chi connectivity index (χ4v) is 2.69. The van der Waals surface area contributed by atoms with Gasteiger partial charge < -0.3 is 10.0 Å². The van der Waals surface area contributed by atoms with Crippen LogP contribution in [0.1, 0.15) is 20.3 Å². The zero-order valence-corrected chi connectivity index (χ0v) is 9.23. The topological polar surface area (TPSA) is 40.5 Å². The van der Waals surface area contributed by atoms with Crippen LogP contribution in [0.2, 0.25) is 0 Å². The van der Waals surface area contributed by atoms with Gasteiger partial charge in [0.2, 0.25) is 0 Å². The molecule has 1 fully saturated rings. The zero-order chi connectivity index (χ0) is 10.1. The molecular formula is C9H17NO2S. The van der Waals surface area contributed by atoms with E-state index in [1.807, 2.05) is 11.8 Å². The second kappa shape index (κ2) is 3.88. The Labute approximate surface area is 83.5 Å². The highest BCUT2D eigenvalue weighted by Crippen LogP contribution is 2.22. The minimum Gasteiger partial charge on any atom is -0.381 e. The van der Waals surface area contributed by atoms with Gasteiger partial charge in [-0.1, -0.05) is 0 Å². The van der Waals surface area contributed by atoms with Crippen LogP contribution < -0.4 is 0 Å². The van der Waals surface area contributed by atoms with Gasteiger partial charge in [-0.25, -0.2) is 0 Å². The molecule has 0 spiro atoms. The van der Waals surface area contributed by atoms with Crippen LogP contribution >= 0.6 is 11.8 Å². The van der Waals surface area contributed by atoms with Gasteiger partial charge in [-0.2, -0.15) is 11.8 Å². The smallest absolute Gasteiger partial charge is 0.253 e. The molecule has 0 aliphatic carbocycles. The Morgan fingerprint density at radius 2 is 2.23 bits per heavy atom. The highest BCUT2D eigenvalue weighted by Gasteiger charge is 2.32. The molecule has 1 aliphatic heterocycles. The van der Waals surface area contributed by atoms with Crippen LogP contribution in [0, 0.1) is 0 Å². The molecule has 1 rings (SSSR count). The molecule has 0 aromatic carbocycles. The summed E-state index contributed by atoms with van der Waals surface area (Å²) in [5.41, 5.74) is -1.23. The van der Waals surface area contributed by atoms with E-state index in [0.29, 0.717) is 6.04 Å². The Kier molecular flexibility index (Phi) is 3.24. The third-order valence-electron chi connectivity index (χ3n) is 2.30. The van der Waals surface area contributed by atoms with Crippen LogP contribution in [0.25, 0.3) is 0 Å². The van der Waals surface area contributed by atoms with Gasteiger partial charge in [-0.15, -0.1) is 0 Å². The molecule has 76 valence electrons. The lowest BCUT2D eigenvalue weighted by atomic mass is 10.1. The minimum atomic E-state index is -1.23. The molecule has 3 nitrogen and oxygen atoms in total. The van der Waals surface area contributed by atoms with Crippen molar-refractivity contribution in [3.05, 3.63) is 0 Å². The molecule has 1 saturated heterocycles. The number of aliphatic hydroxyl groups is 1. The van der Waals surface area contributed by atoms with Gasteiger partial charge >= 0.3 is 0 Å². The molecule has 4 heteroatoms. The van der Waals surface area contributed by atoms with E-state index < -0.39 is 5.60 Å². The van der Waals surface area contributed by atoms with Crippen molar-refractivity contribution in [1.29, 1.82) is 0 Å². The molecule has 1 atom stereocenters. The Bertz CT molecular complexity index is 194. The average molecular weight is 203 g/mol. The van der Waals surface area contributed by atoms with Crippen molar-refractivity contribution in [2.45, 2.75) is 31.9 Å². The number of rotatable bonds is 2. The van der Waals surface area contributed by atoms with E-state index in [0.717, 1.165) is 17.9 Å². The number of carbonyl (C=O) groups is 1. The van der Waals surface area contributed by atoms with Crippen molar-refractivity contribution in [3.63, 3.8) is 0 Å². The van der Waals surface area contributed by atoms with Crippen LogP contribution in [-0.4, -0.2) is 46.1 Å². The Morgan fingerprint density at radius 3 is 2.62 bits per heavy atom. The second-order valence-corrected chi connectivity index (χ2v) is 5.14. The molecule has 0 aromatic heterocycles. The highest BCUT2D eigenvalue weighted by atomic mass is 32.2. The Balaban J connectivity index is 2.56. The standard InChI is InChI=1S/C9H17NO2S/c1-9(2,12)8(11)10(3)7-4-5-13-6-7/h7,12H,4-6H2,1-3H3. The SMILES string of the molecule is CN(C(=O)C(C)(C)O)C1CCSC1. The van der Waals surface area contributed by atoms with Gasteiger partial charge in [0.15, 0.2) is 0 Å². The van der Waals surface area contributed by atoms with E-state index >= 15 is 0 Å². The first-order chi connectivity index (χ1) is 5.93. The number of nitrogens with zero attached hydrogens (tertiary/aromatic N) is 1. The molecule has 1 N–H and O–H groups in total. The number of amides is 1. The first kappa shape index (κ1) is 10.9. The fourth-order valence-electron chi connectivity index (χ4n) is 1.42. The van der Waals surface area contributed by atoms with Crippen LogP contribution in [0.3, 0.4) is 0 Å². The van der Waals surface area contributed by atoms with E-state index in [4.69, 9.17) is 0 Å². The van der Waals surface area contributed by atoms with Gasteiger partial charge in [-0.05, 0) is 26.0 Å². The van der Waals surface area contributed by atoms with Crippen molar-refractivity contribution >= 4 is 17.7 Å². The summed E-state index contributed by atoms with van der Waals surface area (Å²) in [6.07, 6.45) is 1.04. The minimum absolute atomic E-state index is 0.181. The number of hydrogen-bond acceptors (Lipinski definition) is 3. The average Bonchev–Trinajstić information content (AvgIpc) is 2.51. The molecule has 0 aromatic rings. The zero-order valence-electron chi connectivity index (χ0n) is 8.41. The number of carbonyl (C=O) groups excluding carboxylic acids is 1. The summed E-state index contributed by atoms with van der Waals surface area (Å²) in [6.45, 7) is 3.07. The molecule has 0 radical (unpaired) electrons. The third-order valence-corrected chi connectivity index (χ3v) is 3.44. The van der Waals surface area contributed by atoms with Crippen LogP contribution in [0.15, 0.2) is 0 Å². The summed E-state index contributed by atoms with van der Waals surface area (Å²) in [7, 11) is 1.77. The maximum atomic E-state index is 11.6. The van der Waals surface area contributed by atoms with Gasteiger partial charge in [0, 0.05) is 18.8 Å². The summed E-state index contributed by atoms with van der Waals surface area (Å²) in [5.74, 6) is 1.94. The van der Waals surface area contributed by atoms with Crippen molar-refractivity contribution in [2.75, 3.05) is 18.6 Å². The highest BCUT2D eigenvalue weighted by molar-refractivity contribution is 7.99. The first-order valence-corrected chi connectivity index (χ1v) is 5.66. The number of hydrogen-bond donors (Lipinski definition) is 1. The van der Waals surface area contributed by atoms with Crippen LogP contribution in [-0.2, 0) is 4.79 Å². The first-order valence-electron chi connectivity index (χ1n) is 4.50. The lowest BCUT2D eigenvalue weighted by Crippen LogP contribution is -2.47. The molecule has 1 amide bonds. The summed E-state index contributed by atoms with van der Waals surface area (Å²) < 4.78 is 0. The van der Waals surface area contributed by atoms with Gasteiger partial charge in [0.1, 0.15) is 5.60 Å². The van der Waals surface area contributed by atoms with Crippen molar-refractivity contribution < 1.29 is 9.90 Å². The monoisotopic (exact) mass is 203 g/mol. The van der Waals surface area contributed by atoms with E-state index in [2.05, 4.69) is 0 Å². The van der Waals surface area contributed by atoms with Crippen molar-refractivity contribution in [2.24, 2.45) is 0 Å². The quantitative estimate of drug-likeness (QED) is 0.719. The lowest BCUT2D eigenvalue weighted by molar-refractivity contribution is -0.148. The van der Waals surface area contributed by atoms with Gasteiger partial charge in [0.05, 0.1) is 0 Å².